The van der Waals surface area contributed by atoms with E-state index in [1.807, 2.05) is 0 Å². The Labute approximate surface area is 106 Å². The molecule has 0 amide bonds. The van der Waals surface area contributed by atoms with Crippen LogP contribution in [0, 0.1) is 27.6 Å². The van der Waals surface area contributed by atoms with Crippen LogP contribution in [0.5, 0.6) is 0 Å². The molecule has 1 unspecified atom stereocenters. The first-order chi connectivity index (χ1) is 7.60. The lowest BCUT2D eigenvalue weighted by molar-refractivity contribution is -0.0117. The van der Waals surface area contributed by atoms with Crippen LogP contribution in [0.4, 0.5) is 0 Å². The Morgan fingerprint density at radius 1 is 1.18 bits per heavy atom. The second-order valence-electron chi connectivity index (χ2n) is 7.71. The molecule has 1 aliphatic rings. The van der Waals surface area contributed by atoms with Crippen LogP contribution in [0.1, 0.15) is 66.7 Å². The standard InChI is InChI=1S/C15H27NO/c1-13(2,3)10-12(17)15(11-16)8-6-14(4,5)7-9-15/h12,17H,6-10H2,1-5H3. The molecule has 1 fully saturated rings. The van der Waals surface area contributed by atoms with Crippen molar-refractivity contribution in [2.24, 2.45) is 16.2 Å². The summed E-state index contributed by atoms with van der Waals surface area (Å²) in [6.45, 7) is 10.9. The third kappa shape index (κ3) is 3.71. The molecule has 1 N–H and O–H groups in total. The predicted octanol–water partition coefficient (Wildman–Crippen LogP) is 3.89. The third-order valence-corrected chi connectivity index (χ3v) is 4.16. The van der Waals surface area contributed by atoms with Crippen molar-refractivity contribution in [3.8, 4) is 6.07 Å². The number of aliphatic hydroxyl groups is 1. The zero-order chi connectivity index (χ0) is 13.3. The van der Waals surface area contributed by atoms with E-state index in [-0.39, 0.29) is 5.41 Å². The highest BCUT2D eigenvalue weighted by Gasteiger charge is 2.44. The van der Waals surface area contributed by atoms with Gasteiger partial charge in [-0.05, 0) is 42.9 Å². The summed E-state index contributed by atoms with van der Waals surface area (Å²) in [6.07, 6.45) is 4.00. The quantitative estimate of drug-likeness (QED) is 0.791. The normalized spacial score (nSPS) is 25.0. The summed E-state index contributed by atoms with van der Waals surface area (Å²) in [7, 11) is 0. The van der Waals surface area contributed by atoms with Crippen molar-refractivity contribution < 1.29 is 5.11 Å². The molecule has 17 heavy (non-hydrogen) atoms. The molecular weight excluding hydrogens is 210 g/mol. The summed E-state index contributed by atoms with van der Waals surface area (Å²) in [6, 6.07) is 2.43. The average Bonchev–Trinajstić information content (AvgIpc) is 2.16. The molecule has 0 aromatic rings. The lowest BCUT2D eigenvalue weighted by atomic mass is 9.62. The van der Waals surface area contributed by atoms with Crippen LogP contribution in [0.25, 0.3) is 0 Å². The molecule has 0 aliphatic heterocycles. The van der Waals surface area contributed by atoms with E-state index in [1.165, 1.54) is 0 Å². The first-order valence-corrected chi connectivity index (χ1v) is 6.70. The lowest BCUT2D eigenvalue weighted by Gasteiger charge is -2.43. The van der Waals surface area contributed by atoms with Gasteiger partial charge in [0, 0.05) is 0 Å². The van der Waals surface area contributed by atoms with Gasteiger partial charge in [0.15, 0.2) is 0 Å². The Morgan fingerprint density at radius 2 is 1.65 bits per heavy atom. The molecular formula is C15H27NO. The molecule has 0 saturated heterocycles. The van der Waals surface area contributed by atoms with E-state index in [0.717, 1.165) is 25.7 Å². The van der Waals surface area contributed by atoms with Gasteiger partial charge in [0.25, 0.3) is 0 Å². The monoisotopic (exact) mass is 237 g/mol. The minimum atomic E-state index is -0.497. The number of hydrogen-bond acceptors (Lipinski definition) is 2. The number of hydrogen-bond donors (Lipinski definition) is 1. The van der Waals surface area contributed by atoms with Crippen LogP contribution in [0.3, 0.4) is 0 Å². The van der Waals surface area contributed by atoms with Crippen molar-refractivity contribution in [2.45, 2.75) is 72.8 Å². The Bertz CT molecular complexity index is 296. The fourth-order valence-electron chi connectivity index (χ4n) is 2.67. The van der Waals surface area contributed by atoms with Crippen molar-refractivity contribution in [2.75, 3.05) is 0 Å². The molecule has 1 aliphatic carbocycles. The van der Waals surface area contributed by atoms with E-state index in [9.17, 15) is 10.4 Å². The molecule has 1 saturated carbocycles. The smallest absolute Gasteiger partial charge is 0.0832 e. The van der Waals surface area contributed by atoms with Gasteiger partial charge < -0.3 is 5.11 Å². The zero-order valence-corrected chi connectivity index (χ0v) is 12.0. The van der Waals surface area contributed by atoms with Crippen molar-refractivity contribution in [1.82, 2.24) is 0 Å². The number of nitriles is 1. The predicted molar refractivity (Wildman–Crippen MR) is 70.4 cm³/mol. The Kier molecular flexibility index (Phi) is 3.94. The van der Waals surface area contributed by atoms with Gasteiger partial charge >= 0.3 is 0 Å². The van der Waals surface area contributed by atoms with Crippen LogP contribution in [-0.2, 0) is 0 Å². The van der Waals surface area contributed by atoms with Gasteiger partial charge in [-0.3, -0.25) is 0 Å². The van der Waals surface area contributed by atoms with E-state index in [2.05, 4.69) is 40.7 Å². The molecule has 0 spiro atoms. The fraction of sp³-hybridized carbons (Fsp3) is 0.933. The summed E-state index contributed by atoms with van der Waals surface area (Å²) in [5.74, 6) is 0. The molecule has 2 nitrogen and oxygen atoms in total. The highest BCUT2D eigenvalue weighted by Crippen LogP contribution is 2.48. The molecule has 98 valence electrons. The van der Waals surface area contributed by atoms with E-state index in [4.69, 9.17) is 0 Å². The topological polar surface area (TPSA) is 44.0 Å². The van der Waals surface area contributed by atoms with Gasteiger partial charge in [-0.25, -0.2) is 0 Å². The van der Waals surface area contributed by atoms with Crippen molar-refractivity contribution in [3.05, 3.63) is 0 Å². The van der Waals surface area contributed by atoms with Crippen LogP contribution < -0.4 is 0 Å². The third-order valence-electron chi connectivity index (χ3n) is 4.16. The van der Waals surface area contributed by atoms with Crippen LogP contribution in [0.15, 0.2) is 0 Å². The molecule has 0 radical (unpaired) electrons. The van der Waals surface area contributed by atoms with Gasteiger partial charge in [-0.15, -0.1) is 0 Å². The second-order valence-corrected chi connectivity index (χ2v) is 7.71. The van der Waals surface area contributed by atoms with Crippen LogP contribution in [-0.4, -0.2) is 11.2 Å². The maximum absolute atomic E-state index is 10.4. The Hall–Kier alpha value is -0.550. The molecule has 1 rings (SSSR count). The van der Waals surface area contributed by atoms with Gasteiger partial charge in [-0.1, -0.05) is 34.6 Å². The van der Waals surface area contributed by atoms with Gasteiger partial charge in [0.05, 0.1) is 17.6 Å². The van der Waals surface area contributed by atoms with Crippen molar-refractivity contribution in [1.29, 1.82) is 5.26 Å². The minimum Gasteiger partial charge on any atom is -0.391 e. The zero-order valence-electron chi connectivity index (χ0n) is 12.0. The molecule has 0 bridgehead atoms. The van der Waals surface area contributed by atoms with E-state index < -0.39 is 11.5 Å². The first-order valence-electron chi connectivity index (χ1n) is 6.70. The van der Waals surface area contributed by atoms with Gasteiger partial charge in [0.2, 0.25) is 0 Å². The molecule has 1 atom stereocenters. The number of nitrogens with zero attached hydrogens (tertiary/aromatic N) is 1. The highest BCUT2D eigenvalue weighted by atomic mass is 16.3. The van der Waals surface area contributed by atoms with Gasteiger partial charge in [0.1, 0.15) is 0 Å². The maximum atomic E-state index is 10.4. The fourth-order valence-corrected chi connectivity index (χ4v) is 2.67. The van der Waals surface area contributed by atoms with E-state index in [1.54, 1.807) is 0 Å². The molecule has 0 aromatic heterocycles. The summed E-state index contributed by atoms with van der Waals surface area (Å²) in [4.78, 5) is 0. The van der Waals surface area contributed by atoms with Crippen molar-refractivity contribution >= 4 is 0 Å². The van der Waals surface area contributed by atoms with Crippen molar-refractivity contribution in [3.63, 3.8) is 0 Å². The summed E-state index contributed by atoms with van der Waals surface area (Å²) in [5.41, 5.74) is -0.0825. The number of aliphatic hydroxyl groups excluding tert-OH is 1. The average molecular weight is 237 g/mol. The molecule has 0 aromatic carbocycles. The van der Waals surface area contributed by atoms with E-state index in [0.29, 0.717) is 11.8 Å². The van der Waals surface area contributed by atoms with Crippen LogP contribution in [0.2, 0.25) is 0 Å². The number of rotatable bonds is 2. The molecule has 0 heterocycles. The first kappa shape index (κ1) is 14.5. The van der Waals surface area contributed by atoms with Crippen LogP contribution >= 0.6 is 0 Å². The van der Waals surface area contributed by atoms with Gasteiger partial charge in [-0.2, -0.15) is 5.26 Å². The highest BCUT2D eigenvalue weighted by molar-refractivity contribution is 5.07. The Balaban J connectivity index is 2.75. The second kappa shape index (κ2) is 4.61. The summed E-state index contributed by atoms with van der Waals surface area (Å²) in [5, 5.41) is 19.9. The Morgan fingerprint density at radius 3 is 2.00 bits per heavy atom. The minimum absolute atomic E-state index is 0.0796. The summed E-state index contributed by atoms with van der Waals surface area (Å²) >= 11 is 0. The SMILES string of the molecule is CC(C)(C)CC(O)C1(C#N)CCC(C)(C)CC1. The maximum Gasteiger partial charge on any atom is 0.0832 e. The van der Waals surface area contributed by atoms with E-state index >= 15 is 0 Å². The largest absolute Gasteiger partial charge is 0.391 e. The summed E-state index contributed by atoms with van der Waals surface area (Å²) < 4.78 is 0. The lowest BCUT2D eigenvalue weighted by Crippen LogP contribution is -2.41. The molecule has 2 heteroatoms.